The summed E-state index contributed by atoms with van der Waals surface area (Å²) in [6, 6.07) is 17.1. The second kappa shape index (κ2) is 7.83. The van der Waals surface area contributed by atoms with Crippen LogP contribution in [0.15, 0.2) is 59.7 Å². The van der Waals surface area contributed by atoms with Crippen molar-refractivity contribution < 1.29 is 9.53 Å². The summed E-state index contributed by atoms with van der Waals surface area (Å²) in [4.78, 5) is 11.8. The number of amides is 1. The molecule has 2 N–H and O–H groups in total. The number of hydrogen-bond donors (Lipinski definition) is 2. The number of benzene rings is 2. The van der Waals surface area contributed by atoms with Crippen LogP contribution in [0.3, 0.4) is 0 Å². The Morgan fingerprint density at radius 1 is 1.14 bits per heavy atom. The van der Waals surface area contributed by atoms with Crippen LogP contribution in [-0.4, -0.2) is 25.3 Å². The van der Waals surface area contributed by atoms with E-state index in [-0.39, 0.29) is 12.5 Å². The number of hydrogen-bond acceptors (Lipinski definition) is 4. The second-order valence-electron chi connectivity index (χ2n) is 4.68. The highest BCUT2D eigenvalue weighted by atomic mass is 16.5. The molecule has 0 saturated heterocycles. The zero-order chi connectivity index (χ0) is 15.8. The Kier molecular flexibility index (Phi) is 5.54. The van der Waals surface area contributed by atoms with E-state index in [1.54, 1.807) is 7.11 Å². The first kappa shape index (κ1) is 15.6. The number of hydrazone groups is 1. The number of rotatable bonds is 6. The van der Waals surface area contributed by atoms with Crippen LogP contribution in [-0.2, 0) is 4.79 Å². The molecule has 0 fully saturated rings. The summed E-state index contributed by atoms with van der Waals surface area (Å²) in [5.41, 5.74) is 5.04. The maximum absolute atomic E-state index is 11.8. The predicted molar refractivity (Wildman–Crippen MR) is 88.3 cm³/mol. The molecular weight excluding hydrogens is 278 g/mol. The van der Waals surface area contributed by atoms with E-state index in [9.17, 15) is 4.79 Å². The smallest absolute Gasteiger partial charge is 0.259 e. The van der Waals surface area contributed by atoms with Gasteiger partial charge in [0.15, 0.2) is 0 Å². The molecule has 114 valence electrons. The number of ether oxygens (including phenoxy) is 1. The molecule has 0 saturated carbocycles. The summed E-state index contributed by atoms with van der Waals surface area (Å²) < 4.78 is 5.17. The minimum atomic E-state index is -0.203. The van der Waals surface area contributed by atoms with Crippen molar-refractivity contribution in [3.63, 3.8) is 0 Å². The second-order valence-corrected chi connectivity index (χ2v) is 4.68. The maximum Gasteiger partial charge on any atom is 0.259 e. The Morgan fingerprint density at radius 2 is 1.91 bits per heavy atom. The molecule has 5 heteroatoms. The molecule has 0 aliphatic rings. The van der Waals surface area contributed by atoms with Gasteiger partial charge in [-0.3, -0.25) is 4.79 Å². The number of para-hydroxylation sites is 1. The summed E-state index contributed by atoms with van der Waals surface area (Å²) >= 11 is 0. The lowest BCUT2D eigenvalue weighted by Gasteiger charge is -2.06. The van der Waals surface area contributed by atoms with Gasteiger partial charge in [0.25, 0.3) is 5.91 Å². The maximum atomic E-state index is 11.8. The third-order valence-corrected chi connectivity index (χ3v) is 3.06. The molecule has 5 nitrogen and oxygen atoms in total. The molecule has 0 heterocycles. The van der Waals surface area contributed by atoms with E-state index < -0.39 is 0 Å². The summed E-state index contributed by atoms with van der Waals surface area (Å²) in [5.74, 6) is 0.551. The molecule has 2 rings (SSSR count). The van der Waals surface area contributed by atoms with Crippen LogP contribution in [0.25, 0.3) is 0 Å². The molecule has 2 aromatic carbocycles. The minimum Gasteiger partial charge on any atom is -0.497 e. The molecule has 0 atom stereocenters. The molecular formula is C17H19N3O2. The van der Waals surface area contributed by atoms with Gasteiger partial charge in [-0.15, -0.1) is 0 Å². The summed E-state index contributed by atoms with van der Waals surface area (Å²) in [6.45, 7) is 2.00. The molecule has 0 radical (unpaired) electrons. The fraction of sp³-hybridized carbons (Fsp3) is 0.176. The number of methoxy groups -OCH3 is 1. The van der Waals surface area contributed by atoms with E-state index in [1.165, 1.54) is 0 Å². The lowest BCUT2D eigenvalue weighted by molar-refractivity contribution is -0.119. The van der Waals surface area contributed by atoms with Crippen LogP contribution in [0.2, 0.25) is 0 Å². The predicted octanol–water partition coefficient (Wildman–Crippen LogP) is 2.65. The summed E-state index contributed by atoms with van der Waals surface area (Å²) in [7, 11) is 1.61. The topological polar surface area (TPSA) is 62.7 Å². The third-order valence-electron chi connectivity index (χ3n) is 3.06. The van der Waals surface area contributed by atoms with Crippen LogP contribution < -0.4 is 15.5 Å². The highest BCUT2D eigenvalue weighted by Gasteiger charge is 2.02. The van der Waals surface area contributed by atoms with Gasteiger partial charge < -0.3 is 10.1 Å². The van der Waals surface area contributed by atoms with Crippen molar-refractivity contribution >= 4 is 17.3 Å². The van der Waals surface area contributed by atoms with Crippen molar-refractivity contribution in [3.05, 3.63) is 60.2 Å². The van der Waals surface area contributed by atoms with Gasteiger partial charge in [0.05, 0.1) is 19.4 Å². The Balaban J connectivity index is 1.88. The van der Waals surface area contributed by atoms with Crippen LogP contribution in [0, 0.1) is 0 Å². The molecule has 1 amide bonds. The fourth-order valence-corrected chi connectivity index (χ4v) is 1.84. The number of carbonyl (C=O) groups excluding carboxylic acids is 1. The zero-order valence-corrected chi connectivity index (χ0v) is 12.7. The van der Waals surface area contributed by atoms with Gasteiger partial charge in [0.1, 0.15) is 5.75 Å². The van der Waals surface area contributed by atoms with Gasteiger partial charge in [-0.1, -0.05) is 30.3 Å². The molecule has 0 aliphatic heterocycles. The summed E-state index contributed by atoms with van der Waals surface area (Å²) in [6.07, 6.45) is 0. The van der Waals surface area contributed by atoms with Gasteiger partial charge in [-0.05, 0) is 31.2 Å². The Labute approximate surface area is 130 Å². The van der Waals surface area contributed by atoms with Gasteiger partial charge in [0, 0.05) is 11.3 Å². The minimum absolute atomic E-state index is 0.166. The molecule has 2 aromatic rings. The standard InChI is InChI=1S/C17H19N3O2/c1-13(14-7-6-10-16(11-14)22-2)19-20-17(21)12-18-15-8-4-3-5-9-15/h3-11,18H,12H2,1-2H3,(H,20,21)/b19-13-. The van der Waals surface area contributed by atoms with Crippen LogP contribution in [0.4, 0.5) is 5.69 Å². The van der Waals surface area contributed by atoms with Crippen molar-refractivity contribution in [1.29, 1.82) is 0 Å². The average Bonchev–Trinajstić information content (AvgIpc) is 2.58. The van der Waals surface area contributed by atoms with Crippen LogP contribution in [0.1, 0.15) is 12.5 Å². The lowest BCUT2D eigenvalue weighted by atomic mass is 10.1. The SMILES string of the molecule is COc1cccc(/C(C)=N\NC(=O)CNc2ccccc2)c1. The van der Waals surface area contributed by atoms with E-state index in [2.05, 4.69) is 15.8 Å². The van der Waals surface area contributed by atoms with E-state index >= 15 is 0 Å². The third kappa shape index (κ3) is 4.63. The molecule has 0 bridgehead atoms. The first-order valence-corrected chi connectivity index (χ1v) is 6.95. The highest BCUT2D eigenvalue weighted by molar-refractivity contribution is 5.99. The first-order chi connectivity index (χ1) is 10.7. The molecule has 0 aromatic heterocycles. The summed E-state index contributed by atoms with van der Waals surface area (Å²) in [5, 5.41) is 7.13. The number of anilines is 1. The van der Waals surface area contributed by atoms with Gasteiger partial charge in [-0.2, -0.15) is 5.10 Å². The Bertz CT molecular complexity index is 654. The largest absolute Gasteiger partial charge is 0.497 e. The monoisotopic (exact) mass is 297 g/mol. The lowest BCUT2D eigenvalue weighted by Crippen LogP contribution is -2.26. The molecule has 0 unspecified atom stereocenters. The van der Waals surface area contributed by atoms with Crippen molar-refractivity contribution in [2.24, 2.45) is 5.10 Å². The van der Waals surface area contributed by atoms with Crippen molar-refractivity contribution in [1.82, 2.24) is 5.43 Å². The average molecular weight is 297 g/mol. The van der Waals surface area contributed by atoms with Crippen LogP contribution in [0.5, 0.6) is 5.75 Å². The normalized spacial score (nSPS) is 10.9. The number of carbonyl (C=O) groups is 1. The quantitative estimate of drug-likeness (QED) is 0.636. The number of nitrogens with zero attached hydrogens (tertiary/aromatic N) is 1. The molecule has 0 aliphatic carbocycles. The van der Waals surface area contributed by atoms with Crippen molar-refractivity contribution in [3.8, 4) is 5.75 Å². The van der Waals surface area contributed by atoms with Crippen molar-refractivity contribution in [2.75, 3.05) is 19.0 Å². The van der Waals surface area contributed by atoms with Gasteiger partial charge in [-0.25, -0.2) is 5.43 Å². The van der Waals surface area contributed by atoms with Gasteiger partial charge in [0.2, 0.25) is 0 Å². The highest BCUT2D eigenvalue weighted by Crippen LogP contribution is 2.13. The van der Waals surface area contributed by atoms with E-state index in [1.807, 2.05) is 61.5 Å². The Hall–Kier alpha value is -2.82. The van der Waals surface area contributed by atoms with Crippen LogP contribution >= 0.6 is 0 Å². The zero-order valence-electron chi connectivity index (χ0n) is 12.7. The van der Waals surface area contributed by atoms with E-state index in [0.29, 0.717) is 5.71 Å². The van der Waals surface area contributed by atoms with Crippen molar-refractivity contribution in [2.45, 2.75) is 6.92 Å². The fourth-order valence-electron chi connectivity index (χ4n) is 1.84. The van der Waals surface area contributed by atoms with E-state index in [4.69, 9.17) is 4.74 Å². The molecule has 0 spiro atoms. The Morgan fingerprint density at radius 3 is 2.64 bits per heavy atom. The number of nitrogens with one attached hydrogen (secondary N) is 2. The van der Waals surface area contributed by atoms with E-state index in [0.717, 1.165) is 17.0 Å². The van der Waals surface area contributed by atoms with Gasteiger partial charge >= 0.3 is 0 Å². The molecule has 22 heavy (non-hydrogen) atoms. The first-order valence-electron chi connectivity index (χ1n) is 6.95.